The Balaban J connectivity index is 0.00000225. The highest BCUT2D eigenvalue weighted by Gasteiger charge is 2.40. The number of halogens is 1. The van der Waals surface area contributed by atoms with Crippen molar-refractivity contribution in [1.29, 1.82) is 0 Å². The zero-order chi connectivity index (χ0) is 18.4. The van der Waals surface area contributed by atoms with Crippen LogP contribution in [0, 0.1) is 0 Å². The third-order valence-corrected chi connectivity index (χ3v) is 7.20. The minimum absolute atomic E-state index is 0. The summed E-state index contributed by atoms with van der Waals surface area (Å²) in [5, 5.41) is 9.26. The minimum Gasteiger partial charge on any atom is -0.469 e. The van der Waals surface area contributed by atoms with E-state index in [1.54, 1.807) is 17.6 Å². The lowest BCUT2D eigenvalue weighted by Gasteiger charge is -2.38. The molecular weight excluding hydrogens is 505 g/mol. The van der Waals surface area contributed by atoms with Crippen LogP contribution in [0.3, 0.4) is 0 Å². The summed E-state index contributed by atoms with van der Waals surface area (Å²) in [5.41, 5.74) is 0.0770. The minimum atomic E-state index is 0. The Labute approximate surface area is 192 Å². The van der Waals surface area contributed by atoms with Gasteiger partial charge in [-0.1, -0.05) is 6.07 Å². The van der Waals surface area contributed by atoms with Crippen LogP contribution < -0.4 is 10.6 Å². The Morgan fingerprint density at radius 1 is 1.32 bits per heavy atom. The highest BCUT2D eigenvalue weighted by Crippen LogP contribution is 2.38. The van der Waals surface area contributed by atoms with E-state index in [-0.39, 0.29) is 29.6 Å². The first-order valence-electron chi connectivity index (χ1n) is 9.63. The number of furan rings is 1. The second-order valence-corrected chi connectivity index (χ2v) is 9.31. The van der Waals surface area contributed by atoms with Gasteiger partial charge in [0.15, 0.2) is 5.96 Å². The van der Waals surface area contributed by atoms with E-state index in [9.17, 15) is 0 Å². The van der Waals surface area contributed by atoms with E-state index in [1.807, 2.05) is 23.9 Å². The molecule has 1 spiro atoms. The van der Waals surface area contributed by atoms with Crippen molar-refractivity contribution in [2.45, 2.75) is 43.9 Å². The summed E-state index contributed by atoms with van der Waals surface area (Å²) in [6.45, 7) is 2.34. The number of ether oxygens (including phenoxy) is 1. The van der Waals surface area contributed by atoms with Crippen LogP contribution in [0.25, 0.3) is 0 Å². The van der Waals surface area contributed by atoms with Crippen LogP contribution in [-0.2, 0) is 17.7 Å². The molecule has 2 N–H and O–H groups in total. The van der Waals surface area contributed by atoms with Gasteiger partial charge in [-0.05, 0) is 48.6 Å². The van der Waals surface area contributed by atoms with Crippen LogP contribution in [0.2, 0.25) is 0 Å². The van der Waals surface area contributed by atoms with E-state index >= 15 is 0 Å². The molecule has 0 saturated carbocycles. The number of hydrogen-bond donors (Lipinski definition) is 2. The molecule has 0 radical (unpaired) electrons. The van der Waals surface area contributed by atoms with Crippen molar-refractivity contribution < 1.29 is 9.15 Å². The summed E-state index contributed by atoms with van der Waals surface area (Å²) < 4.78 is 11.6. The van der Waals surface area contributed by atoms with Gasteiger partial charge < -0.3 is 19.8 Å². The lowest BCUT2D eigenvalue weighted by atomic mass is 9.90. The predicted molar refractivity (Wildman–Crippen MR) is 128 cm³/mol. The van der Waals surface area contributed by atoms with Gasteiger partial charge in [0.05, 0.1) is 18.4 Å². The molecule has 0 bridgehead atoms. The molecule has 2 aromatic rings. The normalized spacial score (nSPS) is 24.9. The number of hydrogen-bond acceptors (Lipinski definition) is 5. The van der Waals surface area contributed by atoms with Crippen molar-refractivity contribution >= 4 is 53.0 Å². The van der Waals surface area contributed by atoms with Gasteiger partial charge in [-0.25, -0.2) is 4.99 Å². The van der Waals surface area contributed by atoms with E-state index in [1.165, 1.54) is 17.1 Å². The quantitative estimate of drug-likeness (QED) is 0.330. The molecule has 0 aliphatic carbocycles. The van der Waals surface area contributed by atoms with Crippen LogP contribution in [0.5, 0.6) is 0 Å². The maximum absolute atomic E-state index is 6.16. The van der Waals surface area contributed by atoms with Gasteiger partial charge in [0.25, 0.3) is 0 Å². The topological polar surface area (TPSA) is 58.8 Å². The van der Waals surface area contributed by atoms with Crippen LogP contribution >= 0.6 is 47.1 Å². The molecule has 2 saturated heterocycles. The van der Waals surface area contributed by atoms with E-state index in [0.717, 1.165) is 49.9 Å². The second kappa shape index (κ2) is 10.9. The number of aliphatic imine (C=N–C) groups is 1. The van der Waals surface area contributed by atoms with Crippen molar-refractivity contribution in [3.8, 4) is 0 Å². The Morgan fingerprint density at radius 3 is 3.04 bits per heavy atom. The Bertz CT molecular complexity index is 716. The lowest BCUT2D eigenvalue weighted by Crippen LogP contribution is -2.51. The summed E-state index contributed by atoms with van der Waals surface area (Å²) >= 11 is 3.76. The first kappa shape index (κ1) is 22.0. The second-order valence-electron chi connectivity index (χ2n) is 7.17. The molecule has 2 fully saturated rings. The van der Waals surface area contributed by atoms with Crippen LogP contribution in [0.1, 0.15) is 29.9 Å². The van der Waals surface area contributed by atoms with Gasteiger partial charge in [0.2, 0.25) is 0 Å². The Hall–Kier alpha value is -0.710. The Morgan fingerprint density at radius 2 is 2.29 bits per heavy atom. The molecule has 0 amide bonds. The molecule has 8 heteroatoms. The highest BCUT2D eigenvalue weighted by atomic mass is 127. The van der Waals surface area contributed by atoms with Gasteiger partial charge in [0.1, 0.15) is 5.76 Å². The van der Waals surface area contributed by atoms with Gasteiger partial charge >= 0.3 is 0 Å². The van der Waals surface area contributed by atoms with Crippen molar-refractivity contribution in [1.82, 2.24) is 10.6 Å². The van der Waals surface area contributed by atoms with Crippen LogP contribution in [0.15, 0.2) is 45.3 Å². The largest absolute Gasteiger partial charge is 0.469 e. The van der Waals surface area contributed by atoms with Crippen molar-refractivity contribution in [3.63, 3.8) is 0 Å². The summed E-state index contributed by atoms with van der Waals surface area (Å²) in [5.74, 6) is 4.22. The fourth-order valence-electron chi connectivity index (χ4n) is 3.68. The van der Waals surface area contributed by atoms with Crippen LogP contribution in [0.4, 0.5) is 0 Å². The van der Waals surface area contributed by atoms with Gasteiger partial charge in [-0.15, -0.1) is 35.3 Å². The van der Waals surface area contributed by atoms with E-state index in [2.05, 4.69) is 28.1 Å². The predicted octanol–water partition coefficient (Wildman–Crippen LogP) is 4.29. The molecule has 2 aliphatic rings. The molecule has 28 heavy (non-hydrogen) atoms. The average molecular weight is 534 g/mol. The first-order chi connectivity index (χ1) is 13.3. The van der Waals surface area contributed by atoms with Gasteiger partial charge in [-0.3, -0.25) is 0 Å². The molecular formula is C20H28IN3O2S2. The fraction of sp³-hybridized carbons (Fsp3) is 0.550. The SMILES string of the molecule is I.c1coc(CCNC(=NCc2cccs2)NC2CCOC3(CCSC3)C2)c1. The molecule has 2 atom stereocenters. The molecule has 154 valence electrons. The average Bonchev–Trinajstić information content (AvgIpc) is 3.43. The molecule has 4 heterocycles. The van der Waals surface area contributed by atoms with Crippen molar-refractivity contribution in [2.75, 3.05) is 24.7 Å². The fourth-order valence-corrected chi connectivity index (χ4v) is 5.69. The number of guanidine groups is 1. The number of thioether (sulfide) groups is 1. The maximum atomic E-state index is 6.16. The standard InChI is InChI=1S/C20H27N3O2S2.HI/c1-3-17(24-9-1)5-8-21-19(22-14-18-4-2-11-27-18)23-16-6-10-25-20(13-16)7-12-26-15-20;/h1-4,9,11,16H,5-8,10,12-15H2,(H2,21,22,23);1H. The van der Waals surface area contributed by atoms with Gasteiger partial charge in [-0.2, -0.15) is 11.8 Å². The van der Waals surface area contributed by atoms with E-state index in [4.69, 9.17) is 14.1 Å². The first-order valence-corrected chi connectivity index (χ1v) is 11.7. The van der Waals surface area contributed by atoms with E-state index in [0.29, 0.717) is 12.6 Å². The molecule has 0 aromatic carbocycles. The molecule has 2 unspecified atom stereocenters. The summed E-state index contributed by atoms with van der Waals surface area (Å²) in [7, 11) is 0. The summed E-state index contributed by atoms with van der Waals surface area (Å²) in [4.78, 5) is 6.10. The lowest BCUT2D eigenvalue weighted by molar-refractivity contribution is -0.0679. The van der Waals surface area contributed by atoms with Crippen LogP contribution in [-0.4, -0.2) is 42.3 Å². The zero-order valence-corrected chi connectivity index (χ0v) is 19.9. The number of rotatable bonds is 6. The summed E-state index contributed by atoms with van der Waals surface area (Å²) in [6.07, 6.45) is 5.84. The monoisotopic (exact) mass is 533 g/mol. The molecule has 2 aliphatic heterocycles. The number of thiophene rings is 1. The maximum Gasteiger partial charge on any atom is 0.191 e. The summed E-state index contributed by atoms with van der Waals surface area (Å²) in [6, 6.07) is 8.56. The highest BCUT2D eigenvalue weighted by molar-refractivity contribution is 14.0. The number of nitrogens with one attached hydrogen (secondary N) is 2. The molecule has 4 rings (SSSR count). The van der Waals surface area contributed by atoms with Crippen molar-refractivity contribution in [2.24, 2.45) is 4.99 Å². The molecule has 2 aromatic heterocycles. The van der Waals surface area contributed by atoms with E-state index < -0.39 is 0 Å². The Kier molecular flexibility index (Phi) is 8.55. The smallest absolute Gasteiger partial charge is 0.191 e. The molecule has 5 nitrogen and oxygen atoms in total. The number of nitrogens with zero attached hydrogens (tertiary/aromatic N) is 1. The van der Waals surface area contributed by atoms with Crippen molar-refractivity contribution in [3.05, 3.63) is 46.5 Å². The third kappa shape index (κ3) is 6.14. The third-order valence-electron chi connectivity index (χ3n) is 5.12. The van der Waals surface area contributed by atoms with Gasteiger partial charge in [0, 0.05) is 36.2 Å². The zero-order valence-electron chi connectivity index (χ0n) is 15.9.